The first-order valence-corrected chi connectivity index (χ1v) is 6.80. The second-order valence-corrected chi connectivity index (χ2v) is 5.73. The fourth-order valence-corrected chi connectivity index (χ4v) is 2.27. The number of hydrogen-bond acceptors (Lipinski definition) is 3. The molecule has 0 amide bonds. The lowest BCUT2D eigenvalue weighted by molar-refractivity contribution is 0.563. The van der Waals surface area contributed by atoms with Crippen molar-refractivity contribution in [1.29, 1.82) is 0 Å². The SMILES string of the molecule is Cc1cc(C)c(CN)c(N(CC(C)C)C(C)C)n1. The van der Waals surface area contributed by atoms with E-state index in [-0.39, 0.29) is 0 Å². The van der Waals surface area contributed by atoms with Crippen LogP contribution in [0.4, 0.5) is 5.82 Å². The van der Waals surface area contributed by atoms with Gasteiger partial charge in [0.2, 0.25) is 0 Å². The third-order valence-electron chi connectivity index (χ3n) is 3.11. The van der Waals surface area contributed by atoms with Gasteiger partial charge >= 0.3 is 0 Å². The normalized spacial score (nSPS) is 11.4. The largest absolute Gasteiger partial charge is 0.354 e. The molecule has 1 aromatic heterocycles. The molecule has 3 nitrogen and oxygen atoms in total. The summed E-state index contributed by atoms with van der Waals surface area (Å²) in [6.07, 6.45) is 0. The lowest BCUT2D eigenvalue weighted by Gasteiger charge is -2.32. The van der Waals surface area contributed by atoms with Gasteiger partial charge in [-0.3, -0.25) is 0 Å². The van der Waals surface area contributed by atoms with Crippen LogP contribution in [-0.4, -0.2) is 17.6 Å². The van der Waals surface area contributed by atoms with Crippen molar-refractivity contribution >= 4 is 5.82 Å². The van der Waals surface area contributed by atoms with E-state index in [0.29, 0.717) is 18.5 Å². The smallest absolute Gasteiger partial charge is 0.133 e. The van der Waals surface area contributed by atoms with Crippen LogP contribution >= 0.6 is 0 Å². The van der Waals surface area contributed by atoms with Crippen molar-refractivity contribution in [2.45, 2.75) is 54.1 Å². The van der Waals surface area contributed by atoms with Crippen LogP contribution in [0.2, 0.25) is 0 Å². The maximum Gasteiger partial charge on any atom is 0.133 e. The van der Waals surface area contributed by atoms with Gasteiger partial charge in [-0.15, -0.1) is 0 Å². The quantitative estimate of drug-likeness (QED) is 0.872. The number of anilines is 1. The topological polar surface area (TPSA) is 42.1 Å². The van der Waals surface area contributed by atoms with Gasteiger partial charge in [0.25, 0.3) is 0 Å². The predicted octanol–water partition coefficient (Wildman–Crippen LogP) is 3.03. The van der Waals surface area contributed by atoms with Crippen LogP contribution in [0, 0.1) is 19.8 Å². The summed E-state index contributed by atoms with van der Waals surface area (Å²) in [7, 11) is 0. The number of aryl methyl sites for hydroxylation is 2. The molecule has 0 saturated heterocycles. The Bertz CT molecular complexity index is 397. The fraction of sp³-hybridized carbons (Fsp3) is 0.667. The number of aromatic nitrogens is 1. The van der Waals surface area contributed by atoms with Gasteiger partial charge in [-0.25, -0.2) is 4.98 Å². The average Bonchev–Trinajstić information content (AvgIpc) is 2.24. The van der Waals surface area contributed by atoms with Gasteiger partial charge in [0, 0.05) is 30.4 Å². The molecule has 1 aromatic rings. The highest BCUT2D eigenvalue weighted by atomic mass is 15.2. The third-order valence-corrected chi connectivity index (χ3v) is 3.11. The van der Waals surface area contributed by atoms with E-state index < -0.39 is 0 Å². The Hall–Kier alpha value is -1.09. The van der Waals surface area contributed by atoms with Crippen molar-refractivity contribution in [1.82, 2.24) is 4.98 Å². The van der Waals surface area contributed by atoms with Gasteiger partial charge in [-0.2, -0.15) is 0 Å². The third kappa shape index (κ3) is 3.45. The first-order chi connectivity index (χ1) is 8.36. The molecule has 0 unspecified atom stereocenters. The zero-order valence-electron chi connectivity index (χ0n) is 12.6. The van der Waals surface area contributed by atoms with E-state index in [2.05, 4.69) is 45.6 Å². The van der Waals surface area contributed by atoms with Gasteiger partial charge in [-0.1, -0.05) is 13.8 Å². The molecule has 0 saturated carbocycles. The van der Waals surface area contributed by atoms with Crippen LogP contribution in [0.15, 0.2) is 6.07 Å². The molecule has 0 radical (unpaired) electrons. The lowest BCUT2D eigenvalue weighted by Crippen LogP contribution is -2.36. The molecule has 2 N–H and O–H groups in total. The Morgan fingerprint density at radius 3 is 2.28 bits per heavy atom. The van der Waals surface area contributed by atoms with Crippen molar-refractivity contribution < 1.29 is 0 Å². The Morgan fingerprint density at radius 2 is 1.83 bits per heavy atom. The highest BCUT2D eigenvalue weighted by molar-refractivity contribution is 5.52. The number of nitrogens with two attached hydrogens (primary N) is 1. The fourth-order valence-electron chi connectivity index (χ4n) is 2.27. The second-order valence-electron chi connectivity index (χ2n) is 5.73. The minimum atomic E-state index is 0.436. The molecule has 0 fully saturated rings. The molecule has 0 spiro atoms. The zero-order valence-corrected chi connectivity index (χ0v) is 12.6. The summed E-state index contributed by atoms with van der Waals surface area (Å²) in [6, 6.07) is 2.55. The van der Waals surface area contributed by atoms with E-state index in [1.54, 1.807) is 0 Å². The predicted molar refractivity (Wildman–Crippen MR) is 78.9 cm³/mol. The van der Waals surface area contributed by atoms with Crippen molar-refractivity contribution in [3.05, 3.63) is 22.9 Å². The van der Waals surface area contributed by atoms with Crippen LogP contribution < -0.4 is 10.6 Å². The Balaban J connectivity index is 3.25. The first-order valence-electron chi connectivity index (χ1n) is 6.80. The van der Waals surface area contributed by atoms with Crippen molar-refractivity contribution in [2.24, 2.45) is 11.7 Å². The first kappa shape index (κ1) is 15.0. The van der Waals surface area contributed by atoms with Gasteiger partial charge in [0.15, 0.2) is 0 Å². The minimum absolute atomic E-state index is 0.436. The van der Waals surface area contributed by atoms with Crippen LogP contribution in [-0.2, 0) is 6.54 Å². The van der Waals surface area contributed by atoms with Crippen molar-refractivity contribution in [3.63, 3.8) is 0 Å². The molecule has 1 rings (SSSR count). The molecule has 102 valence electrons. The highest BCUT2D eigenvalue weighted by Gasteiger charge is 2.18. The van der Waals surface area contributed by atoms with E-state index >= 15 is 0 Å². The van der Waals surface area contributed by atoms with Crippen molar-refractivity contribution in [2.75, 3.05) is 11.4 Å². The number of pyridine rings is 1. The number of hydrogen-bond donors (Lipinski definition) is 1. The van der Waals surface area contributed by atoms with E-state index in [1.807, 2.05) is 6.92 Å². The van der Waals surface area contributed by atoms with E-state index in [9.17, 15) is 0 Å². The molecule has 0 aliphatic heterocycles. The summed E-state index contributed by atoms with van der Waals surface area (Å²) in [4.78, 5) is 7.09. The summed E-state index contributed by atoms with van der Waals surface area (Å²) >= 11 is 0. The molecule has 0 aromatic carbocycles. The molecule has 1 heterocycles. The Labute approximate surface area is 111 Å². The summed E-state index contributed by atoms with van der Waals surface area (Å²) in [5, 5.41) is 0. The highest BCUT2D eigenvalue weighted by Crippen LogP contribution is 2.24. The van der Waals surface area contributed by atoms with Crippen LogP contribution in [0.25, 0.3) is 0 Å². The van der Waals surface area contributed by atoms with E-state index in [4.69, 9.17) is 10.7 Å². The average molecular weight is 249 g/mol. The van der Waals surface area contributed by atoms with Gasteiger partial charge in [0.1, 0.15) is 5.82 Å². The van der Waals surface area contributed by atoms with Crippen LogP contribution in [0.5, 0.6) is 0 Å². The molecule has 0 bridgehead atoms. The second kappa shape index (κ2) is 6.19. The van der Waals surface area contributed by atoms with Crippen LogP contribution in [0.1, 0.15) is 44.5 Å². The van der Waals surface area contributed by atoms with E-state index in [0.717, 1.165) is 18.1 Å². The summed E-state index contributed by atoms with van der Waals surface area (Å²) in [6.45, 7) is 14.6. The standard InChI is InChI=1S/C15H27N3/c1-10(2)9-18(11(3)4)15-14(8-16)12(5)7-13(6)17-15/h7,10-11H,8-9,16H2,1-6H3. The minimum Gasteiger partial charge on any atom is -0.354 e. The molecule has 0 aliphatic carbocycles. The maximum absolute atomic E-state index is 5.90. The summed E-state index contributed by atoms with van der Waals surface area (Å²) < 4.78 is 0. The molecule has 0 aliphatic rings. The van der Waals surface area contributed by atoms with Gasteiger partial charge in [0.05, 0.1) is 0 Å². The Morgan fingerprint density at radius 1 is 1.22 bits per heavy atom. The molecule has 18 heavy (non-hydrogen) atoms. The molecular formula is C15H27N3. The summed E-state index contributed by atoms with van der Waals surface area (Å²) in [5.41, 5.74) is 9.39. The monoisotopic (exact) mass is 249 g/mol. The van der Waals surface area contributed by atoms with Crippen LogP contribution in [0.3, 0.4) is 0 Å². The zero-order chi connectivity index (χ0) is 13.9. The van der Waals surface area contributed by atoms with E-state index in [1.165, 1.54) is 11.1 Å². The maximum atomic E-state index is 5.90. The van der Waals surface area contributed by atoms with Gasteiger partial charge in [-0.05, 0) is 45.2 Å². The molecule has 3 heteroatoms. The Kier molecular flexibility index (Phi) is 5.15. The lowest BCUT2D eigenvalue weighted by atomic mass is 10.1. The number of nitrogens with zero attached hydrogens (tertiary/aromatic N) is 2. The van der Waals surface area contributed by atoms with Crippen molar-refractivity contribution in [3.8, 4) is 0 Å². The molecule has 0 atom stereocenters. The van der Waals surface area contributed by atoms with Gasteiger partial charge < -0.3 is 10.6 Å². The number of rotatable bonds is 5. The summed E-state index contributed by atoms with van der Waals surface area (Å²) in [5.74, 6) is 1.68. The molecular weight excluding hydrogens is 222 g/mol.